The van der Waals surface area contributed by atoms with Gasteiger partial charge in [-0.1, -0.05) is 67.9 Å². The van der Waals surface area contributed by atoms with Crippen LogP contribution in [0.1, 0.15) is 47.3 Å². The van der Waals surface area contributed by atoms with Crippen molar-refractivity contribution in [3.8, 4) is 17.6 Å². The Morgan fingerprint density at radius 2 is 2.00 bits per heavy atom. The lowest BCUT2D eigenvalue weighted by Gasteiger charge is -2.47. The van der Waals surface area contributed by atoms with Gasteiger partial charge in [0, 0.05) is 55.7 Å². The van der Waals surface area contributed by atoms with Crippen LogP contribution in [0, 0.1) is 16.7 Å². The molecule has 1 aromatic heterocycles. The molecule has 0 radical (unpaired) electrons. The lowest BCUT2D eigenvalue weighted by atomic mass is 9.65. The van der Waals surface area contributed by atoms with Crippen LogP contribution in [0.5, 0.6) is 11.5 Å². The highest BCUT2D eigenvalue weighted by molar-refractivity contribution is 6.32. The zero-order valence-electron chi connectivity index (χ0n) is 26.7. The summed E-state index contributed by atoms with van der Waals surface area (Å²) in [5.74, 6) is 0.647. The normalized spacial score (nSPS) is 20.7. The minimum atomic E-state index is -0.872. The fourth-order valence-corrected chi connectivity index (χ4v) is 6.23. The molecule has 2 heterocycles. The number of benzene rings is 2. The maximum Gasteiger partial charge on any atom is 0.153 e. The number of aromatic nitrogens is 1. The number of ether oxygens (including phenoxy) is 4. The van der Waals surface area contributed by atoms with Gasteiger partial charge in [-0.3, -0.25) is 14.7 Å². The molecule has 0 amide bonds. The highest BCUT2D eigenvalue weighted by atomic mass is 35.5. The SMILES string of the molecule is CC1(C)C(c2ccccc2)=CC=C[C@@]1(COc1cc(OCc2cncc(C#N)c2)c(C=O)cc1Cl)OCCCN1CCOC(CO)C1. The quantitative estimate of drug-likeness (QED) is 0.167. The summed E-state index contributed by atoms with van der Waals surface area (Å²) in [7, 11) is 0. The van der Waals surface area contributed by atoms with Gasteiger partial charge in [-0.2, -0.15) is 5.26 Å². The van der Waals surface area contributed by atoms with Crippen LogP contribution in [0.25, 0.3) is 5.57 Å². The van der Waals surface area contributed by atoms with Crippen LogP contribution in [-0.4, -0.2) is 79.0 Å². The molecular formula is C37H40ClN3O6. The van der Waals surface area contributed by atoms with E-state index in [9.17, 15) is 15.2 Å². The second-order valence-corrected chi connectivity index (χ2v) is 12.6. The van der Waals surface area contributed by atoms with E-state index < -0.39 is 11.0 Å². The molecule has 10 heteroatoms. The van der Waals surface area contributed by atoms with Gasteiger partial charge in [-0.15, -0.1) is 0 Å². The third kappa shape index (κ3) is 8.10. The van der Waals surface area contributed by atoms with Crippen molar-refractivity contribution in [3.05, 3.63) is 106 Å². The minimum absolute atomic E-state index is 0.00968. The summed E-state index contributed by atoms with van der Waals surface area (Å²) < 4.78 is 24.9. The van der Waals surface area contributed by atoms with Gasteiger partial charge < -0.3 is 24.1 Å². The Kier molecular flexibility index (Phi) is 11.5. The van der Waals surface area contributed by atoms with Crippen molar-refractivity contribution in [2.24, 2.45) is 5.41 Å². The number of halogens is 1. The lowest BCUT2D eigenvalue weighted by molar-refractivity contribution is -0.0959. The number of aliphatic hydroxyl groups excluding tert-OH is 1. The highest BCUT2D eigenvalue weighted by Gasteiger charge is 2.49. The number of morpholine rings is 1. The summed E-state index contributed by atoms with van der Waals surface area (Å²) in [6, 6.07) is 17.1. The van der Waals surface area contributed by atoms with E-state index in [1.807, 2.05) is 24.3 Å². The van der Waals surface area contributed by atoms with Gasteiger partial charge in [0.05, 0.1) is 35.5 Å². The zero-order chi connectivity index (χ0) is 33.3. The van der Waals surface area contributed by atoms with Crippen molar-refractivity contribution in [1.29, 1.82) is 5.26 Å². The molecule has 246 valence electrons. The van der Waals surface area contributed by atoms with Gasteiger partial charge in [0.25, 0.3) is 0 Å². The van der Waals surface area contributed by atoms with E-state index in [0.717, 1.165) is 30.6 Å². The van der Waals surface area contributed by atoms with E-state index in [1.165, 1.54) is 12.3 Å². The van der Waals surface area contributed by atoms with Crippen molar-refractivity contribution in [2.75, 3.05) is 46.1 Å². The Hall–Kier alpha value is -4.04. The Morgan fingerprint density at radius 3 is 2.77 bits per heavy atom. The molecule has 9 nitrogen and oxygen atoms in total. The standard InChI is InChI=1S/C37H40ClN3O6/c1-36(2)32(29-8-4-3-5-9-29)10-6-11-37(36,47-14-7-12-41-13-15-44-31(22-41)24-43)26-46-35-18-34(30(23-42)17-33(35)38)45-25-28-16-27(19-39)20-40-21-28/h3-6,8-11,16-18,20-21,23,31,43H,7,12-15,22,24-26H2,1-2H3/t31?,37-/m0/s1. The van der Waals surface area contributed by atoms with Crippen molar-refractivity contribution in [1.82, 2.24) is 9.88 Å². The largest absolute Gasteiger partial charge is 0.488 e. The topological polar surface area (TPSA) is 114 Å². The molecule has 0 saturated carbocycles. The summed E-state index contributed by atoms with van der Waals surface area (Å²) in [6.07, 6.45) is 10.6. The van der Waals surface area contributed by atoms with Crippen molar-refractivity contribution in [2.45, 2.75) is 38.6 Å². The summed E-state index contributed by atoms with van der Waals surface area (Å²) in [5.41, 5.74) is 2.19. The van der Waals surface area contributed by atoms with E-state index in [0.29, 0.717) is 48.7 Å². The Balaban J connectivity index is 1.36. The zero-order valence-corrected chi connectivity index (χ0v) is 27.5. The van der Waals surface area contributed by atoms with Gasteiger partial charge in [0.2, 0.25) is 0 Å². The number of aliphatic hydroxyl groups is 1. The van der Waals surface area contributed by atoms with Crippen LogP contribution in [0.3, 0.4) is 0 Å². The number of aldehydes is 1. The molecule has 5 rings (SSSR count). The number of carbonyl (C=O) groups is 1. The van der Waals surface area contributed by atoms with Gasteiger partial charge in [-0.25, -0.2) is 0 Å². The van der Waals surface area contributed by atoms with Gasteiger partial charge in [0.1, 0.15) is 36.4 Å². The molecule has 0 spiro atoms. The second-order valence-electron chi connectivity index (χ2n) is 12.2. The van der Waals surface area contributed by atoms with E-state index >= 15 is 0 Å². The second kappa shape index (κ2) is 15.7. The van der Waals surface area contributed by atoms with Crippen molar-refractivity contribution >= 4 is 23.5 Å². The number of pyridine rings is 1. The lowest BCUT2D eigenvalue weighted by Crippen LogP contribution is -2.52. The molecule has 1 aliphatic heterocycles. The maximum atomic E-state index is 11.9. The maximum absolute atomic E-state index is 11.9. The first kappa shape index (κ1) is 34.3. The fraction of sp³-hybridized carbons (Fsp3) is 0.378. The molecule has 1 fully saturated rings. The number of allylic oxidation sites excluding steroid dienone is 2. The number of nitrogens with zero attached hydrogens (tertiary/aromatic N) is 3. The third-order valence-corrected chi connectivity index (χ3v) is 9.10. The first-order chi connectivity index (χ1) is 22.8. The molecule has 1 aliphatic carbocycles. The average Bonchev–Trinajstić information content (AvgIpc) is 3.10. The molecule has 1 saturated heterocycles. The molecular weight excluding hydrogens is 618 g/mol. The predicted molar refractivity (Wildman–Crippen MR) is 180 cm³/mol. The molecule has 47 heavy (non-hydrogen) atoms. The number of hydrogen-bond acceptors (Lipinski definition) is 9. The monoisotopic (exact) mass is 657 g/mol. The van der Waals surface area contributed by atoms with E-state index in [-0.39, 0.29) is 36.5 Å². The summed E-state index contributed by atoms with van der Waals surface area (Å²) >= 11 is 6.64. The minimum Gasteiger partial charge on any atom is -0.488 e. The van der Waals surface area contributed by atoms with E-state index in [1.54, 1.807) is 18.3 Å². The van der Waals surface area contributed by atoms with E-state index in [4.69, 9.17) is 30.5 Å². The molecule has 2 aliphatic rings. The third-order valence-electron chi connectivity index (χ3n) is 8.80. The molecule has 2 aromatic carbocycles. The summed E-state index contributed by atoms with van der Waals surface area (Å²) in [5, 5.41) is 19.0. The molecule has 1 unspecified atom stereocenters. The van der Waals surface area contributed by atoms with Gasteiger partial charge >= 0.3 is 0 Å². The summed E-state index contributed by atoms with van der Waals surface area (Å²) in [4.78, 5) is 18.3. The van der Waals surface area contributed by atoms with Gasteiger partial charge in [0.15, 0.2) is 6.29 Å². The number of carbonyl (C=O) groups excluding carboxylic acids is 1. The fourth-order valence-electron chi connectivity index (χ4n) is 6.01. The van der Waals surface area contributed by atoms with Crippen LogP contribution in [-0.2, 0) is 16.1 Å². The van der Waals surface area contributed by atoms with Crippen LogP contribution in [0.4, 0.5) is 0 Å². The number of hydrogen-bond donors (Lipinski definition) is 1. The number of rotatable bonds is 14. The Bertz CT molecular complexity index is 1640. The molecule has 1 N–H and O–H groups in total. The van der Waals surface area contributed by atoms with Crippen LogP contribution in [0.15, 0.2) is 79.2 Å². The highest BCUT2D eigenvalue weighted by Crippen LogP contribution is 2.49. The first-order valence-corrected chi connectivity index (χ1v) is 16.1. The summed E-state index contributed by atoms with van der Waals surface area (Å²) in [6.45, 7) is 7.95. The molecule has 2 atom stereocenters. The van der Waals surface area contributed by atoms with Crippen molar-refractivity contribution in [3.63, 3.8) is 0 Å². The predicted octanol–water partition coefficient (Wildman–Crippen LogP) is 5.90. The van der Waals surface area contributed by atoms with Crippen LogP contribution < -0.4 is 9.47 Å². The smallest absolute Gasteiger partial charge is 0.153 e. The van der Waals surface area contributed by atoms with Crippen LogP contribution in [0.2, 0.25) is 5.02 Å². The van der Waals surface area contributed by atoms with Gasteiger partial charge in [-0.05, 0) is 35.8 Å². The Morgan fingerprint density at radius 1 is 1.17 bits per heavy atom. The number of nitriles is 1. The Labute approximate surface area is 281 Å². The van der Waals surface area contributed by atoms with E-state index in [2.05, 4.69) is 54.1 Å². The molecule has 3 aromatic rings. The van der Waals surface area contributed by atoms with Crippen molar-refractivity contribution < 1.29 is 28.8 Å². The first-order valence-electron chi connectivity index (χ1n) is 15.7. The average molecular weight is 658 g/mol. The van der Waals surface area contributed by atoms with Crippen LogP contribution >= 0.6 is 11.6 Å². The molecule has 0 bridgehead atoms.